The maximum absolute atomic E-state index is 14.0. The van der Waals surface area contributed by atoms with E-state index >= 15 is 0 Å². The Bertz CT molecular complexity index is 798. The summed E-state index contributed by atoms with van der Waals surface area (Å²) in [6.45, 7) is 0.416. The maximum Gasteiger partial charge on any atom is 0.258 e. The highest BCUT2D eigenvalue weighted by atomic mass is 19.1. The predicted octanol–water partition coefficient (Wildman–Crippen LogP) is 3.51. The molecular weight excluding hydrogens is 331 g/mol. The molecule has 1 aromatic carbocycles. The molecule has 1 aromatic heterocycles. The van der Waals surface area contributed by atoms with E-state index in [-0.39, 0.29) is 23.4 Å². The summed E-state index contributed by atoms with van der Waals surface area (Å²) in [6.07, 6.45) is 5.58. The summed E-state index contributed by atoms with van der Waals surface area (Å²) in [7, 11) is 0. The molecule has 1 saturated carbocycles. The van der Waals surface area contributed by atoms with Crippen LogP contribution in [0.1, 0.15) is 48.0 Å². The Morgan fingerprint density at radius 1 is 1.15 bits per heavy atom. The van der Waals surface area contributed by atoms with Gasteiger partial charge in [-0.05, 0) is 37.0 Å². The lowest BCUT2D eigenvalue weighted by molar-refractivity contribution is -0.110. The highest BCUT2D eigenvalue weighted by molar-refractivity contribution is 5.94. The molecular formula is C21H23FN2O2. The number of hydrogen-bond acceptors (Lipinski definition) is 3. The van der Waals surface area contributed by atoms with Gasteiger partial charge in [-0.25, -0.2) is 4.98 Å². The first-order chi connectivity index (χ1) is 12.6. The first kappa shape index (κ1) is 17.2. The van der Waals surface area contributed by atoms with Crippen LogP contribution in [-0.2, 0) is 5.60 Å². The molecule has 2 fully saturated rings. The molecule has 5 heteroatoms. The number of fused-ring (bicyclic) bond motifs is 1. The van der Waals surface area contributed by atoms with Crippen molar-refractivity contribution in [2.75, 3.05) is 6.54 Å². The van der Waals surface area contributed by atoms with E-state index in [0.717, 1.165) is 31.2 Å². The third kappa shape index (κ3) is 2.80. The number of amides is 1. The molecule has 0 unspecified atom stereocenters. The zero-order valence-corrected chi connectivity index (χ0v) is 14.6. The Hall–Kier alpha value is -2.27. The number of carbonyl (C=O) groups is 1. The predicted molar refractivity (Wildman–Crippen MR) is 95.9 cm³/mol. The zero-order valence-electron chi connectivity index (χ0n) is 14.6. The summed E-state index contributed by atoms with van der Waals surface area (Å²) in [5, 5.41) is 11.5. The van der Waals surface area contributed by atoms with Gasteiger partial charge in [-0.15, -0.1) is 0 Å². The van der Waals surface area contributed by atoms with E-state index in [1.54, 1.807) is 11.0 Å². The van der Waals surface area contributed by atoms with E-state index in [9.17, 15) is 14.3 Å². The number of pyridine rings is 1. The second kappa shape index (κ2) is 6.80. The molecule has 3 atom stereocenters. The zero-order chi connectivity index (χ0) is 18.1. The van der Waals surface area contributed by atoms with Crippen LogP contribution in [0.4, 0.5) is 4.39 Å². The molecule has 4 rings (SSSR count). The Kier molecular flexibility index (Phi) is 4.49. The van der Waals surface area contributed by atoms with Crippen LogP contribution in [0.25, 0.3) is 0 Å². The lowest BCUT2D eigenvalue weighted by Crippen LogP contribution is -2.59. The van der Waals surface area contributed by atoms with Crippen molar-refractivity contribution in [1.29, 1.82) is 0 Å². The average Bonchev–Trinajstić information content (AvgIpc) is 2.69. The minimum absolute atomic E-state index is 0.0157. The van der Waals surface area contributed by atoms with Crippen molar-refractivity contribution < 1.29 is 14.3 Å². The van der Waals surface area contributed by atoms with Crippen molar-refractivity contribution in [3.63, 3.8) is 0 Å². The van der Waals surface area contributed by atoms with E-state index in [0.29, 0.717) is 13.0 Å². The van der Waals surface area contributed by atoms with Gasteiger partial charge in [0.2, 0.25) is 5.95 Å². The molecule has 1 N–H and O–H groups in total. The van der Waals surface area contributed by atoms with Crippen molar-refractivity contribution in [3.05, 3.63) is 65.7 Å². The number of halogens is 1. The number of piperidine rings is 1. The van der Waals surface area contributed by atoms with Crippen molar-refractivity contribution in [2.24, 2.45) is 5.92 Å². The minimum atomic E-state index is -0.934. The van der Waals surface area contributed by atoms with Gasteiger partial charge in [0, 0.05) is 24.7 Å². The van der Waals surface area contributed by atoms with Crippen LogP contribution in [0.2, 0.25) is 0 Å². The normalized spacial score (nSPS) is 28.5. The highest BCUT2D eigenvalue weighted by Gasteiger charge is 2.50. The fourth-order valence-electron chi connectivity index (χ4n) is 4.72. The number of benzene rings is 1. The quantitative estimate of drug-likeness (QED) is 0.840. The van der Waals surface area contributed by atoms with Gasteiger partial charge in [0.15, 0.2) is 0 Å². The monoisotopic (exact) mass is 354 g/mol. The van der Waals surface area contributed by atoms with E-state index in [2.05, 4.69) is 4.98 Å². The molecule has 2 aliphatic rings. The second-order valence-corrected chi connectivity index (χ2v) is 7.34. The second-order valence-electron chi connectivity index (χ2n) is 7.34. The number of hydrogen-bond donors (Lipinski definition) is 1. The molecule has 26 heavy (non-hydrogen) atoms. The van der Waals surface area contributed by atoms with Crippen LogP contribution in [0.5, 0.6) is 0 Å². The van der Waals surface area contributed by atoms with Crippen molar-refractivity contribution in [2.45, 2.75) is 43.7 Å². The van der Waals surface area contributed by atoms with E-state index in [1.165, 1.54) is 12.3 Å². The Morgan fingerprint density at radius 3 is 2.69 bits per heavy atom. The van der Waals surface area contributed by atoms with Crippen LogP contribution in [-0.4, -0.2) is 33.5 Å². The third-order valence-electron chi connectivity index (χ3n) is 6.00. The van der Waals surface area contributed by atoms with Gasteiger partial charge in [-0.1, -0.05) is 43.2 Å². The highest BCUT2D eigenvalue weighted by Crippen LogP contribution is 2.47. The minimum Gasteiger partial charge on any atom is -0.385 e. The van der Waals surface area contributed by atoms with E-state index in [1.807, 2.05) is 30.3 Å². The SMILES string of the molecule is O=C(c1cccnc1F)N1CC[C@](O)(c2ccccc2)[C@H]2CCCC[C@H]21. The van der Waals surface area contributed by atoms with Gasteiger partial charge in [0.25, 0.3) is 5.91 Å². The summed E-state index contributed by atoms with van der Waals surface area (Å²) in [6, 6.07) is 12.7. The van der Waals surface area contributed by atoms with Gasteiger partial charge >= 0.3 is 0 Å². The largest absolute Gasteiger partial charge is 0.385 e. The summed E-state index contributed by atoms with van der Waals surface area (Å²) < 4.78 is 14.0. The van der Waals surface area contributed by atoms with Crippen LogP contribution < -0.4 is 0 Å². The van der Waals surface area contributed by atoms with Gasteiger partial charge in [-0.3, -0.25) is 4.79 Å². The van der Waals surface area contributed by atoms with Crippen molar-refractivity contribution in [1.82, 2.24) is 9.88 Å². The molecule has 136 valence electrons. The molecule has 4 nitrogen and oxygen atoms in total. The summed E-state index contributed by atoms with van der Waals surface area (Å²) in [5.41, 5.74) is -0.00472. The maximum atomic E-state index is 14.0. The van der Waals surface area contributed by atoms with Gasteiger partial charge in [0.05, 0.1) is 11.2 Å². The summed E-state index contributed by atoms with van der Waals surface area (Å²) in [4.78, 5) is 18.4. The summed E-state index contributed by atoms with van der Waals surface area (Å²) >= 11 is 0. The molecule has 1 aliphatic carbocycles. The molecule has 2 aromatic rings. The van der Waals surface area contributed by atoms with E-state index in [4.69, 9.17) is 0 Å². The molecule has 0 radical (unpaired) electrons. The van der Waals surface area contributed by atoms with Crippen molar-refractivity contribution in [3.8, 4) is 0 Å². The standard InChI is InChI=1S/C21H23FN2O2/c22-19-16(9-6-13-23-19)20(25)24-14-12-21(26,15-7-2-1-3-8-15)17-10-4-5-11-18(17)24/h1-3,6-9,13,17-18,26H,4-5,10-12,14H2/t17-,18+,21-/m0/s1. The molecule has 1 amide bonds. The van der Waals surface area contributed by atoms with Crippen LogP contribution in [0, 0.1) is 11.9 Å². The molecule has 2 heterocycles. The number of aliphatic hydroxyl groups is 1. The lowest BCUT2D eigenvalue weighted by atomic mass is 9.66. The first-order valence-corrected chi connectivity index (χ1v) is 9.30. The Balaban J connectivity index is 1.67. The summed E-state index contributed by atoms with van der Waals surface area (Å²) in [5.74, 6) is -1.08. The topological polar surface area (TPSA) is 53.4 Å². The van der Waals surface area contributed by atoms with Crippen LogP contribution >= 0.6 is 0 Å². The molecule has 1 aliphatic heterocycles. The Morgan fingerprint density at radius 2 is 1.92 bits per heavy atom. The number of likely N-dealkylation sites (tertiary alicyclic amines) is 1. The molecule has 0 bridgehead atoms. The molecule has 1 saturated heterocycles. The number of nitrogens with zero attached hydrogens (tertiary/aromatic N) is 2. The van der Waals surface area contributed by atoms with Gasteiger partial charge in [0.1, 0.15) is 0 Å². The first-order valence-electron chi connectivity index (χ1n) is 9.30. The number of aromatic nitrogens is 1. The smallest absolute Gasteiger partial charge is 0.258 e. The fraction of sp³-hybridized carbons (Fsp3) is 0.429. The molecule has 0 spiro atoms. The van der Waals surface area contributed by atoms with Crippen LogP contribution in [0.3, 0.4) is 0 Å². The third-order valence-corrected chi connectivity index (χ3v) is 6.00. The fourth-order valence-corrected chi connectivity index (χ4v) is 4.72. The average molecular weight is 354 g/mol. The van der Waals surface area contributed by atoms with Crippen molar-refractivity contribution >= 4 is 5.91 Å². The number of carbonyl (C=O) groups excluding carboxylic acids is 1. The number of rotatable bonds is 2. The van der Waals surface area contributed by atoms with Crippen LogP contribution in [0.15, 0.2) is 48.7 Å². The van der Waals surface area contributed by atoms with Gasteiger partial charge < -0.3 is 10.0 Å². The van der Waals surface area contributed by atoms with Gasteiger partial charge in [-0.2, -0.15) is 4.39 Å². The lowest BCUT2D eigenvalue weighted by Gasteiger charge is -2.52. The Labute approximate surface area is 152 Å². The van der Waals surface area contributed by atoms with E-state index < -0.39 is 11.5 Å².